The Hall–Kier alpha value is -4.97. The van der Waals surface area contributed by atoms with Crippen LogP contribution >= 0.6 is 0 Å². The van der Waals surface area contributed by atoms with Gasteiger partial charge in [0, 0.05) is 59.8 Å². The summed E-state index contributed by atoms with van der Waals surface area (Å²) in [6, 6.07) is 19.5. The maximum atomic E-state index is 13.1. The highest BCUT2D eigenvalue weighted by Crippen LogP contribution is 2.27. The highest BCUT2D eigenvalue weighted by Gasteiger charge is 2.25. The first-order valence-corrected chi connectivity index (χ1v) is 14.9. The Balaban J connectivity index is 1.12. The van der Waals surface area contributed by atoms with Crippen molar-refractivity contribution in [3.05, 3.63) is 113 Å². The van der Waals surface area contributed by atoms with Crippen molar-refractivity contribution in [3.63, 3.8) is 0 Å². The molecule has 3 aromatic heterocycles. The number of aromatic nitrogens is 4. The van der Waals surface area contributed by atoms with Gasteiger partial charge in [0.2, 0.25) is 0 Å². The number of nitro groups is 1. The molecule has 0 aliphatic carbocycles. The van der Waals surface area contributed by atoms with Crippen LogP contribution in [0.4, 0.5) is 5.69 Å². The normalized spacial score (nSPS) is 14.2. The van der Waals surface area contributed by atoms with Gasteiger partial charge < -0.3 is 4.90 Å². The molecule has 0 atom stereocenters. The van der Waals surface area contributed by atoms with Crippen LogP contribution in [0.15, 0.2) is 96.4 Å². The van der Waals surface area contributed by atoms with Crippen molar-refractivity contribution >= 4 is 32.7 Å². The summed E-state index contributed by atoms with van der Waals surface area (Å²) in [5.41, 5.74) is 3.07. The summed E-state index contributed by atoms with van der Waals surface area (Å²) in [6.07, 6.45) is 7.01. The molecule has 0 spiro atoms. The molecule has 0 radical (unpaired) electrons. The van der Waals surface area contributed by atoms with E-state index in [0.29, 0.717) is 41.3 Å². The van der Waals surface area contributed by atoms with Crippen LogP contribution in [0.2, 0.25) is 0 Å². The molecule has 4 heterocycles. The second-order valence-electron chi connectivity index (χ2n) is 10.2. The van der Waals surface area contributed by atoms with E-state index in [4.69, 9.17) is 0 Å². The fraction of sp³-hybridized carbons (Fsp3) is 0.200. The zero-order valence-electron chi connectivity index (χ0n) is 22.4. The van der Waals surface area contributed by atoms with Crippen LogP contribution in [0.25, 0.3) is 22.3 Å². The van der Waals surface area contributed by atoms with Crippen molar-refractivity contribution in [3.8, 4) is 11.3 Å². The van der Waals surface area contributed by atoms with E-state index in [2.05, 4.69) is 15.0 Å². The van der Waals surface area contributed by atoms with E-state index in [1.54, 1.807) is 47.5 Å². The average Bonchev–Trinajstić information content (AvgIpc) is 3.46. The van der Waals surface area contributed by atoms with Crippen LogP contribution in [-0.2, 0) is 16.4 Å². The maximum absolute atomic E-state index is 13.1. The molecule has 42 heavy (non-hydrogen) atoms. The third-order valence-electron chi connectivity index (χ3n) is 7.54. The molecule has 1 aliphatic rings. The fourth-order valence-corrected chi connectivity index (χ4v) is 6.58. The van der Waals surface area contributed by atoms with Crippen molar-refractivity contribution < 1.29 is 18.1 Å². The highest BCUT2D eigenvalue weighted by molar-refractivity contribution is 7.90. The molecule has 1 aliphatic heterocycles. The smallest absolute Gasteiger partial charge is 0.269 e. The summed E-state index contributed by atoms with van der Waals surface area (Å²) in [5, 5.41) is 11.6. The van der Waals surface area contributed by atoms with E-state index in [0.717, 1.165) is 30.5 Å². The third-order valence-corrected chi connectivity index (χ3v) is 9.22. The minimum Gasteiger partial charge on any atom is -0.339 e. The maximum Gasteiger partial charge on any atom is 0.269 e. The van der Waals surface area contributed by atoms with Crippen molar-refractivity contribution in [1.82, 2.24) is 23.8 Å². The molecule has 2 aromatic carbocycles. The van der Waals surface area contributed by atoms with Gasteiger partial charge in [0.25, 0.3) is 21.6 Å². The van der Waals surface area contributed by atoms with Crippen molar-refractivity contribution in [2.24, 2.45) is 5.92 Å². The lowest BCUT2D eigenvalue weighted by Crippen LogP contribution is -2.39. The molecule has 212 valence electrons. The summed E-state index contributed by atoms with van der Waals surface area (Å²) in [4.78, 5) is 38.6. The zero-order chi connectivity index (χ0) is 29.3. The van der Waals surface area contributed by atoms with Gasteiger partial charge in [-0.1, -0.05) is 18.2 Å². The first kappa shape index (κ1) is 27.2. The topological polar surface area (TPSA) is 141 Å². The van der Waals surface area contributed by atoms with Crippen LogP contribution < -0.4 is 0 Å². The number of likely N-dealkylation sites (tertiary alicyclic amines) is 1. The Morgan fingerprint density at radius 2 is 1.69 bits per heavy atom. The van der Waals surface area contributed by atoms with Gasteiger partial charge in [-0.3, -0.25) is 14.9 Å². The number of nitro benzene ring substituents is 1. The molecule has 0 N–H and O–H groups in total. The van der Waals surface area contributed by atoms with Gasteiger partial charge in [0.05, 0.1) is 15.5 Å². The molecule has 11 nitrogen and oxygen atoms in total. The Kier molecular flexibility index (Phi) is 7.21. The molecule has 6 rings (SSSR count). The van der Waals surface area contributed by atoms with Gasteiger partial charge in [0.1, 0.15) is 6.33 Å². The van der Waals surface area contributed by atoms with Crippen molar-refractivity contribution in [1.29, 1.82) is 0 Å². The summed E-state index contributed by atoms with van der Waals surface area (Å²) < 4.78 is 27.4. The predicted octanol–water partition coefficient (Wildman–Crippen LogP) is 4.73. The second kappa shape index (κ2) is 11.1. The van der Waals surface area contributed by atoms with Gasteiger partial charge in [-0.25, -0.2) is 27.3 Å². The molecular weight excluding hydrogens is 556 g/mol. The molecule has 1 fully saturated rings. The number of amides is 1. The number of fused-ring (bicyclic) bond motifs is 1. The standard InChI is InChI=1S/C30H26N6O5S/c37-30(22-6-8-26(9-7-22)36(38)39)34-13-10-21(11-14-34)16-25-18-28(33-20-32-25)24-17-23-12-15-35(29(23)31-19-24)42(40,41)27-4-2-1-3-5-27/h1-9,12,15,17-21H,10-11,13-14,16H2. The quantitative estimate of drug-likeness (QED) is 0.198. The second-order valence-corrected chi connectivity index (χ2v) is 12.0. The van der Waals surface area contributed by atoms with Crippen LogP contribution in [0.3, 0.4) is 0 Å². The lowest BCUT2D eigenvalue weighted by molar-refractivity contribution is -0.384. The number of hydrogen-bond donors (Lipinski definition) is 0. The third kappa shape index (κ3) is 5.36. The fourth-order valence-electron chi connectivity index (χ4n) is 5.25. The Morgan fingerprint density at radius 3 is 2.40 bits per heavy atom. The molecule has 5 aromatic rings. The van der Waals surface area contributed by atoms with Gasteiger partial charge in [0.15, 0.2) is 5.65 Å². The molecule has 0 saturated carbocycles. The van der Waals surface area contributed by atoms with E-state index in [9.17, 15) is 23.3 Å². The number of rotatable bonds is 7. The molecule has 1 amide bonds. The lowest BCUT2D eigenvalue weighted by Gasteiger charge is -2.32. The van der Waals surface area contributed by atoms with Gasteiger partial charge in [-0.15, -0.1) is 0 Å². The highest BCUT2D eigenvalue weighted by atomic mass is 32.2. The summed E-state index contributed by atoms with van der Waals surface area (Å²) >= 11 is 0. The number of hydrogen-bond acceptors (Lipinski definition) is 8. The number of carbonyl (C=O) groups excluding carboxylic acids is 1. The first-order valence-electron chi connectivity index (χ1n) is 13.4. The molecular formula is C30H26N6O5S. The average molecular weight is 583 g/mol. The molecule has 0 bridgehead atoms. The van der Waals surface area contributed by atoms with Crippen LogP contribution in [0.1, 0.15) is 28.9 Å². The van der Waals surface area contributed by atoms with Gasteiger partial charge in [-0.2, -0.15) is 0 Å². The Bertz CT molecular complexity index is 1880. The number of piperidine rings is 1. The Morgan fingerprint density at radius 1 is 0.952 bits per heavy atom. The lowest BCUT2D eigenvalue weighted by atomic mass is 9.91. The van der Waals surface area contributed by atoms with E-state index in [1.165, 1.54) is 40.8 Å². The number of non-ortho nitro benzene ring substituents is 1. The summed E-state index contributed by atoms with van der Waals surface area (Å²) in [5.74, 6) is 0.215. The van der Waals surface area contributed by atoms with Crippen LogP contribution in [-0.4, -0.2) is 56.2 Å². The zero-order valence-corrected chi connectivity index (χ0v) is 23.2. The number of carbonyl (C=O) groups is 1. The number of benzene rings is 2. The predicted molar refractivity (Wildman–Crippen MR) is 155 cm³/mol. The summed E-state index contributed by atoms with van der Waals surface area (Å²) in [6.45, 7) is 1.20. The monoisotopic (exact) mass is 582 g/mol. The van der Waals surface area contributed by atoms with E-state index < -0.39 is 14.9 Å². The summed E-state index contributed by atoms with van der Waals surface area (Å²) in [7, 11) is -3.77. The number of pyridine rings is 1. The van der Waals surface area contributed by atoms with Crippen molar-refractivity contribution in [2.75, 3.05) is 13.1 Å². The number of nitrogens with zero attached hydrogens (tertiary/aromatic N) is 6. The van der Waals surface area contributed by atoms with Gasteiger partial charge >= 0.3 is 0 Å². The van der Waals surface area contributed by atoms with Gasteiger partial charge in [-0.05, 0) is 67.6 Å². The van der Waals surface area contributed by atoms with E-state index in [1.807, 2.05) is 12.1 Å². The van der Waals surface area contributed by atoms with Crippen molar-refractivity contribution in [2.45, 2.75) is 24.2 Å². The first-order chi connectivity index (χ1) is 20.3. The molecule has 1 saturated heterocycles. The minimum atomic E-state index is -3.77. The van der Waals surface area contributed by atoms with E-state index in [-0.39, 0.29) is 16.5 Å². The minimum absolute atomic E-state index is 0.0420. The van der Waals surface area contributed by atoms with E-state index >= 15 is 0 Å². The van der Waals surface area contributed by atoms with Crippen LogP contribution in [0.5, 0.6) is 0 Å². The molecule has 0 unspecified atom stereocenters. The largest absolute Gasteiger partial charge is 0.339 e. The Labute approximate surface area is 241 Å². The van der Waals surface area contributed by atoms with Crippen LogP contribution in [0, 0.1) is 16.0 Å². The molecule has 12 heteroatoms. The SMILES string of the molecule is O=C(c1ccc([N+](=O)[O-])cc1)N1CCC(Cc2cc(-c3cnc4c(ccn4S(=O)(=O)c4ccccc4)c3)ncn2)CC1.